The van der Waals surface area contributed by atoms with Gasteiger partial charge in [-0.25, -0.2) is 4.39 Å². The minimum Gasteiger partial charge on any atom is -0.480 e. The van der Waals surface area contributed by atoms with Gasteiger partial charge >= 0.3 is 0 Å². The lowest BCUT2D eigenvalue weighted by molar-refractivity contribution is -0.113. The van der Waals surface area contributed by atoms with Gasteiger partial charge < -0.3 is 14.6 Å². The number of amides is 1. The highest BCUT2D eigenvalue weighted by Gasteiger charge is 2.22. The van der Waals surface area contributed by atoms with Gasteiger partial charge in [-0.2, -0.15) is 0 Å². The molecule has 170 valence electrons. The van der Waals surface area contributed by atoms with Crippen molar-refractivity contribution in [3.05, 3.63) is 64.2 Å². The highest BCUT2D eigenvalue weighted by atomic mass is 35.5. The number of thioether (sulfide) groups is 1. The number of hydrogen-bond acceptors (Lipinski definition) is 5. The highest BCUT2D eigenvalue weighted by Crippen LogP contribution is 2.30. The fraction of sp³-hybridized carbons (Fsp3) is 0.318. The minimum atomic E-state index is -0.536. The van der Waals surface area contributed by atoms with Crippen LogP contribution in [-0.4, -0.2) is 26.4 Å². The van der Waals surface area contributed by atoms with Gasteiger partial charge in [-0.1, -0.05) is 67.0 Å². The number of rotatable bonds is 9. The van der Waals surface area contributed by atoms with E-state index in [1.54, 1.807) is 43.3 Å². The average Bonchev–Trinajstić information content (AvgIpc) is 3.13. The summed E-state index contributed by atoms with van der Waals surface area (Å²) in [4.78, 5) is 12.4. The maximum Gasteiger partial charge on any atom is 0.234 e. The molecule has 0 aliphatic rings. The summed E-state index contributed by atoms with van der Waals surface area (Å²) in [5.74, 6) is 0.398. The molecule has 1 aromatic heterocycles. The van der Waals surface area contributed by atoms with Gasteiger partial charge in [0, 0.05) is 6.54 Å². The van der Waals surface area contributed by atoms with Crippen LogP contribution in [0.1, 0.15) is 32.7 Å². The van der Waals surface area contributed by atoms with Crippen LogP contribution in [0, 0.1) is 11.7 Å². The molecule has 1 N–H and O–H groups in total. The summed E-state index contributed by atoms with van der Waals surface area (Å²) in [6.07, 6.45) is -0.536. The van der Waals surface area contributed by atoms with Crippen molar-refractivity contribution in [2.75, 3.05) is 11.1 Å². The zero-order valence-corrected chi connectivity index (χ0v) is 20.1. The molecule has 0 aliphatic heterocycles. The molecule has 0 saturated carbocycles. The first-order valence-corrected chi connectivity index (χ1v) is 11.7. The van der Waals surface area contributed by atoms with Crippen LogP contribution in [0.5, 0.6) is 5.75 Å². The van der Waals surface area contributed by atoms with E-state index in [0.29, 0.717) is 34.2 Å². The number of carbonyl (C=O) groups is 1. The van der Waals surface area contributed by atoms with Crippen molar-refractivity contribution in [2.24, 2.45) is 5.92 Å². The molecule has 1 unspecified atom stereocenters. The Hall–Kier alpha value is -2.29. The van der Waals surface area contributed by atoms with E-state index in [4.69, 9.17) is 27.9 Å². The number of ether oxygens (including phenoxy) is 1. The molecule has 6 nitrogen and oxygen atoms in total. The van der Waals surface area contributed by atoms with E-state index in [1.807, 2.05) is 4.57 Å². The van der Waals surface area contributed by atoms with Gasteiger partial charge in [0.1, 0.15) is 0 Å². The minimum absolute atomic E-state index is 0.0988. The number of nitrogens with one attached hydrogen (secondary N) is 1. The van der Waals surface area contributed by atoms with Gasteiger partial charge in [-0.3, -0.25) is 4.79 Å². The van der Waals surface area contributed by atoms with Gasteiger partial charge in [-0.15, -0.1) is 10.2 Å². The van der Waals surface area contributed by atoms with E-state index in [-0.39, 0.29) is 22.4 Å². The molecule has 0 spiro atoms. The average molecular weight is 497 g/mol. The Balaban J connectivity index is 1.72. The Kier molecular flexibility index (Phi) is 8.39. The monoisotopic (exact) mass is 496 g/mol. The van der Waals surface area contributed by atoms with Crippen LogP contribution >= 0.6 is 35.0 Å². The number of halogens is 3. The third-order valence-electron chi connectivity index (χ3n) is 4.36. The summed E-state index contributed by atoms with van der Waals surface area (Å²) < 4.78 is 21.7. The third-order valence-corrected chi connectivity index (χ3v) is 6.14. The Morgan fingerprint density at radius 2 is 1.91 bits per heavy atom. The molecule has 2 aromatic carbocycles. The van der Waals surface area contributed by atoms with Crippen molar-refractivity contribution in [1.82, 2.24) is 14.8 Å². The number of benzene rings is 2. The summed E-state index contributed by atoms with van der Waals surface area (Å²) in [7, 11) is 0. The second-order valence-corrected chi connectivity index (χ2v) is 9.20. The van der Waals surface area contributed by atoms with Gasteiger partial charge in [0.2, 0.25) is 5.91 Å². The topological polar surface area (TPSA) is 69.0 Å². The first-order valence-electron chi connectivity index (χ1n) is 9.97. The van der Waals surface area contributed by atoms with Gasteiger partial charge in [0.15, 0.2) is 28.7 Å². The standard InChI is InChI=1S/C22H23Cl2FN4O2S/c1-13(2)11-29-21(14(3)31-18-10-5-4-8-16(18)25)27-28-22(29)32-12-19(30)26-17-9-6-7-15(23)20(17)24/h4-10,13-14H,11-12H2,1-3H3,(H,26,30). The lowest BCUT2D eigenvalue weighted by atomic mass is 10.2. The predicted octanol–water partition coefficient (Wildman–Crippen LogP) is 6.25. The summed E-state index contributed by atoms with van der Waals surface area (Å²) in [6, 6.07) is 11.2. The molecule has 3 rings (SSSR count). The Morgan fingerprint density at radius 3 is 2.62 bits per heavy atom. The molecular formula is C22H23Cl2FN4O2S. The van der Waals surface area contributed by atoms with Crippen LogP contribution in [0.3, 0.4) is 0 Å². The quantitative estimate of drug-likeness (QED) is 0.354. The van der Waals surface area contributed by atoms with Gasteiger partial charge in [-0.05, 0) is 37.1 Å². The van der Waals surface area contributed by atoms with Crippen molar-refractivity contribution in [2.45, 2.75) is 38.6 Å². The van der Waals surface area contributed by atoms with Crippen molar-refractivity contribution in [1.29, 1.82) is 0 Å². The normalized spacial score (nSPS) is 12.1. The molecule has 1 amide bonds. The number of aromatic nitrogens is 3. The molecule has 0 radical (unpaired) electrons. The van der Waals surface area contributed by atoms with Crippen LogP contribution in [0.25, 0.3) is 0 Å². The number of anilines is 1. The molecule has 3 aromatic rings. The Labute approximate surface area is 200 Å². The molecule has 0 fully saturated rings. The van der Waals surface area contributed by atoms with E-state index in [0.717, 1.165) is 0 Å². The maximum absolute atomic E-state index is 14.0. The van der Waals surface area contributed by atoms with Crippen LogP contribution in [0.15, 0.2) is 47.6 Å². The fourth-order valence-corrected chi connectivity index (χ4v) is 4.05. The first-order chi connectivity index (χ1) is 15.3. The highest BCUT2D eigenvalue weighted by molar-refractivity contribution is 7.99. The van der Waals surface area contributed by atoms with E-state index < -0.39 is 11.9 Å². The maximum atomic E-state index is 14.0. The molecule has 10 heteroatoms. The zero-order chi connectivity index (χ0) is 23.3. The number of para-hydroxylation sites is 1. The van der Waals surface area contributed by atoms with Gasteiger partial charge in [0.05, 0.1) is 21.5 Å². The van der Waals surface area contributed by atoms with Crippen molar-refractivity contribution in [3.8, 4) is 5.75 Å². The summed E-state index contributed by atoms with van der Waals surface area (Å²) >= 11 is 13.4. The van der Waals surface area contributed by atoms with Crippen molar-refractivity contribution >= 4 is 46.6 Å². The van der Waals surface area contributed by atoms with E-state index >= 15 is 0 Å². The molecule has 32 heavy (non-hydrogen) atoms. The molecule has 0 saturated heterocycles. The van der Waals surface area contributed by atoms with Crippen LogP contribution < -0.4 is 10.1 Å². The molecule has 0 aliphatic carbocycles. The lowest BCUT2D eigenvalue weighted by Gasteiger charge is -2.18. The third kappa shape index (κ3) is 6.15. The zero-order valence-electron chi connectivity index (χ0n) is 17.8. The molecular weight excluding hydrogens is 474 g/mol. The Bertz CT molecular complexity index is 1090. The first kappa shape index (κ1) is 24.4. The fourth-order valence-electron chi connectivity index (χ4n) is 2.94. The lowest BCUT2D eigenvalue weighted by Crippen LogP contribution is -2.17. The van der Waals surface area contributed by atoms with Crippen LogP contribution in [-0.2, 0) is 11.3 Å². The SMILES string of the molecule is CC(C)Cn1c(SCC(=O)Nc2cccc(Cl)c2Cl)nnc1C(C)Oc1ccccc1F. The second-order valence-electron chi connectivity index (χ2n) is 7.47. The van der Waals surface area contributed by atoms with Gasteiger partial charge in [0.25, 0.3) is 0 Å². The summed E-state index contributed by atoms with van der Waals surface area (Å²) in [5, 5.41) is 12.5. The van der Waals surface area contributed by atoms with Crippen LogP contribution in [0.2, 0.25) is 10.0 Å². The van der Waals surface area contributed by atoms with Crippen LogP contribution in [0.4, 0.5) is 10.1 Å². The van der Waals surface area contributed by atoms with Crippen molar-refractivity contribution < 1.29 is 13.9 Å². The second kappa shape index (κ2) is 11.0. The van der Waals surface area contributed by atoms with E-state index in [9.17, 15) is 9.18 Å². The molecule has 1 heterocycles. The Morgan fingerprint density at radius 1 is 1.16 bits per heavy atom. The van der Waals surface area contributed by atoms with Crippen molar-refractivity contribution in [3.63, 3.8) is 0 Å². The molecule has 0 bridgehead atoms. The van der Waals surface area contributed by atoms with E-state index in [1.165, 1.54) is 17.8 Å². The molecule has 1 atom stereocenters. The predicted molar refractivity (Wildman–Crippen MR) is 126 cm³/mol. The largest absolute Gasteiger partial charge is 0.480 e. The summed E-state index contributed by atoms with van der Waals surface area (Å²) in [5.41, 5.74) is 0.445. The smallest absolute Gasteiger partial charge is 0.234 e. The number of nitrogens with zero attached hydrogens (tertiary/aromatic N) is 3. The number of hydrogen-bond donors (Lipinski definition) is 1. The number of carbonyl (C=O) groups excluding carboxylic acids is 1. The summed E-state index contributed by atoms with van der Waals surface area (Å²) in [6.45, 7) is 6.54. The van der Waals surface area contributed by atoms with E-state index in [2.05, 4.69) is 29.4 Å².